The molecule has 2 heterocycles. The summed E-state index contributed by atoms with van der Waals surface area (Å²) in [6.45, 7) is 6.02. The van der Waals surface area contributed by atoms with Crippen molar-refractivity contribution in [1.82, 2.24) is 19.4 Å². The SMILES string of the molecule is CCN1CCC(NC(=O)CN2CCN(S(=O)(=O)c3ccc(Cl)c(C(F)(F)F)c3)CC2)CC1. The molecule has 1 amide bonds. The molecule has 0 bridgehead atoms. The van der Waals surface area contributed by atoms with Gasteiger partial charge in [-0.2, -0.15) is 17.5 Å². The van der Waals surface area contributed by atoms with Gasteiger partial charge in [0, 0.05) is 45.3 Å². The van der Waals surface area contributed by atoms with Gasteiger partial charge in [-0.1, -0.05) is 18.5 Å². The number of piperidine rings is 1. The average Bonchev–Trinajstić information content (AvgIpc) is 2.74. The Morgan fingerprint density at radius 1 is 1.09 bits per heavy atom. The molecule has 0 aromatic heterocycles. The molecule has 32 heavy (non-hydrogen) atoms. The topological polar surface area (TPSA) is 73.0 Å². The van der Waals surface area contributed by atoms with Gasteiger partial charge in [0.15, 0.2) is 0 Å². The fourth-order valence-electron chi connectivity index (χ4n) is 4.03. The second-order valence-corrected chi connectivity index (χ2v) is 10.4. The van der Waals surface area contributed by atoms with Crippen LogP contribution in [0.15, 0.2) is 23.1 Å². The lowest BCUT2D eigenvalue weighted by atomic mass is 10.1. The summed E-state index contributed by atoms with van der Waals surface area (Å²) < 4.78 is 66.1. The molecule has 2 fully saturated rings. The molecule has 0 saturated carbocycles. The van der Waals surface area contributed by atoms with Crippen LogP contribution in [0, 0.1) is 0 Å². The zero-order valence-corrected chi connectivity index (χ0v) is 19.4. The van der Waals surface area contributed by atoms with Crippen LogP contribution in [0.1, 0.15) is 25.3 Å². The van der Waals surface area contributed by atoms with E-state index in [1.54, 1.807) is 0 Å². The highest BCUT2D eigenvalue weighted by Gasteiger charge is 2.36. The molecular weight excluding hydrogens is 469 g/mol. The number of carbonyl (C=O) groups is 1. The summed E-state index contributed by atoms with van der Waals surface area (Å²) in [5, 5.41) is 2.50. The number of halogens is 4. The van der Waals surface area contributed by atoms with E-state index in [2.05, 4.69) is 17.1 Å². The van der Waals surface area contributed by atoms with Crippen molar-refractivity contribution in [2.24, 2.45) is 0 Å². The molecule has 7 nitrogen and oxygen atoms in total. The molecular formula is C20H28ClF3N4O3S. The fraction of sp³-hybridized carbons (Fsp3) is 0.650. The van der Waals surface area contributed by atoms with Gasteiger partial charge >= 0.3 is 6.18 Å². The molecule has 1 N–H and O–H groups in total. The number of benzene rings is 1. The summed E-state index contributed by atoms with van der Waals surface area (Å²) in [4.78, 5) is 16.1. The Labute approximate surface area is 191 Å². The monoisotopic (exact) mass is 496 g/mol. The van der Waals surface area contributed by atoms with Gasteiger partial charge in [0.2, 0.25) is 15.9 Å². The number of likely N-dealkylation sites (tertiary alicyclic amines) is 1. The average molecular weight is 497 g/mol. The summed E-state index contributed by atoms with van der Waals surface area (Å²) in [5.41, 5.74) is -1.18. The number of hydrogen-bond donors (Lipinski definition) is 1. The first kappa shape index (κ1) is 25.2. The molecule has 0 atom stereocenters. The number of nitrogens with one attached hydrogen (secondary N) is 1. The Morgan fingerprint density at radius 3 is 2.28 bits per heavy atom. The van der Waals surface area contributed by atoms with Gasteiger partial charge in [0.05, 0.1) is 22.0 Å². The summed E-state index contributed by atoms with van der Waals surface area (Å²) in [5.74, 6) is -0.0937. The van der Waals surface area contributed by atoms with Crippen LogP contribution >= 0.6 is 11.6 Å². The summed E-state index contributed by atoms with van der Waals surface area (Å²) in [6, 6.07) is 2.75. The highest BCUT2D eigenvalue weighted by molar-refractivity contribution is 7.89. The van der Waals surface area contributed by atoms with E-state index in [4.69, 9.17) is 11.6 Å². The van der Waals surface area contributed by atoms with Gasteiger partial charge in [-0.25, -0.2) is 8.42 Å². The maximum Gasteiger partial charge on any atom is 0.417 e. The predicted molar refractivity (Wildman–Crippen MR) is 115 cm³/mol. The molecule has 3 rings (SSSR count). The third-order valence-electron chi connectivity index (χ3n) is 5.98. The van der Waals surface area contributed by atoms with E-state index in [0.717, 1.165) is 48.9 Å². The minimum Gasteiger partial charge on any atom is -0.352 e. The number of sulfonamides is 1. The van der Waals surface area contributed by atoms with Crippen molar-refractivity contribution < 1.29 is 26.4 Å². The van der Waals surface area contributed by atoms with Gasteiger partial charge in [-0.15, -0.1) is 0 Å². The molecule has 1 aromatic carbocycles. The van der Waals surface area contributed by atoms with Gasteiger partial charge in [0.1, 0.15) is 0 Å². The third-order valence-corrected chi connectivity index (χ3v) is 8.20. The highest BCUT2D eigenvalue weighted by Crippen LogP contribution is 2.36. The molecule has 180 valence electrons. The van der Waals surface area contributed by atoms with E-state index < -0.39 is 31.7 Å². The van der Waals surface area contributed by atoms with Crippen molar-refractivity contribution in [3.63, 3.8) is 0 Å². The number of alkyl halides is 3. The number of hydrogen-bond acceptors (Lipinski definition) is 5. The summed E-state index contributed by atoms with van der Waals surface area (Å²) >= 11 is 5.59. The fourth-order valence-corrected chi connectivity index (χ4v) is 5.70. The van der Waals surface area contributed by atoms with Crippen molar-refractivity contribution in [3.8, 4) is 0 Å². The van der Waals surface area contributed by atoms with E-state index in [9.17, 15) is 26.4 Å². The Balaban J connectivity index is 1.53. The number of rotatable bonds is 6. The van der Waals surface area contributed by atoms with Gasteiger partial charge in [0.25, 0.3) is 0 Å². The van der Waals surface area contributed by atoms with Crippen LogP contribution in [0.2, 0.25) is 5.02 Å². The second-order valence-electron chi connectivity index (χ2n) is 8.10. The van der Waals surface area contributed by atoms with Crippen LogP contribution in [-0.4, -0.2) is 86.8 Å². The molecule has 2 saturated heterocycles. The van der Waals surface area contributed by atoms with Crippen molar-refractivity contribution in [1.29, 1.82) is 0 Å². The number of nitrogens with zero attached hydrogens (tertiary/aromatic N) is 3. The van der Waals surface area contributed by atoms with Gasteiger partial charge in [-0.3, -0.25) is 9.69 Å². The minimum atomic E-state index is -4.75. The molecule has 2 aliphatic heterocycles. The highest BCUT2D eigenvalue weighted by atomic mass is 35.5. The quantitative estimate of drug-likeness (QED) is 0.654. The molecule has 0 spiro atoms. The van der Waals surface area contributed by atoms with Crippen molar-refractivity contribution in [2.75, 3.05) is 52.4 Å². The molecule has 0 aliphatic carbocycles. The van der Waals surface area contributed by atoms with Gasteiger partial charge in [-0.05, 0) is 37.6 Å². The third kappa shape index (κ3) is 6.13. The van der Waals surface area contributed by atoms with E-state index in [-0.39, 0.29) is 31.6 Å². The predicted octanol–water partition coefficient (Wildman–Crippen LogP) is 2.27. The molecule has 0 unspecified atom stereocenters. The lowest BCUT2D eigenvalue weighted by molar-refractivity contribution is -0.137. The molecule has 0 radical (unpaired) electrons. The van der Waals surface area contributed by atoms with Crippen LogP contribution in [0.3, 0.4) is 0 Å². The largest absolute Gasteiger partial charge is 0.417 e. The van der Waals surface area contributed by atoms with Crippen LogP contribution in [0.5, 0.6) is 0 Å². The Bertz CT molecular complexity index is 913. The second kappa shape index (κ2) is 10.3. The minimum absolute atomic E-state index is 0.0917. The van der Waals surface area contributed by atoms with E-state index in [0.29, 0.717) is 19.2 Å². The number of amides is 1. The van der Waals surface area contributed by atoms with E-state index in [1.165, 1.54) is 0 Å². The zero-order chi connectivity index (χ0) is 23.5. The van der Waals surface area contributed by atoms with E-state index >= 15 is 0 Å². The standard InChI is InChI=1S/C20H28ClF3N4O3S/c1-2-26-7-5-15(6-8-26)25-19(29)14-27-9-11-28(12-10-27)32(30,31)16-3-4-18(21)17(13-16)20(22,23)24/h3-4,13,15H,2,5-12,14H2,1H3,(H,25,29). The lowest BCUT2D eigenvalue weighted by Gasteiger charge is -2.35. The van der Waals surface area contributed by atoms with E-state index in [1.807, 2.05) is 4.90 Å². The van der Waals surface area contributed by atoms with Crippen LogP contribution in [-0.2, 0) is 21.0 Å². The smallest absolute Gasteiger partial charge is 0.352 e. The Morgan fingerprint density at radius 2 is 1.72 bits per heavy atom. The Hall–Kier alpha value is -1.40. The van der Waals surface area contributed by atoms with Crippen LogP contribution in [0.4, 0.5) is 13.2 Å². The normalized spacial score (nSPS) is 20.4. The number of carbonyl (C=O) groups excluding carboxylic acids is 1. The van der Waals surface area contributed by atoms with Crippen molar-refractivity contribution in [3.05, 3.63) is 28.8 Å². The molecule has 2 aliphatic rings. The number of piperazine rings is 1. The maximum absolute atomic E-state index is 13.1. The first-order valence-electron chi connectivity index (χ1n) is 10.6. The lowest BCUT2D eigenvalue weighted by Crippen LogP contribution is -2.52. The molecule has 1 aromatic rings. The molecule has 12 heteroatoms. The zero-order valence-electron chi connectivity index (χ0n) is 17.9. The summed E-state index contributed by atoms with van der Waals surface area (Å²) in [7, 11) is -4.10. The maximum atomic E-state index is 13.1. The Kier molecular flexibility index (Phi) is 8.08. The van der Waals surface area contributed by atoms with Crippen LogP contribution in [0.25, 0.3) is 0 Å². The first-order chi connectivity index (χ1) is 15.0. The van der Waals surface area contributed by atoms with Crippen molar-refractivity contribution >= 4 is 27.5 Å². The summed E-state index contributed by atoms with van der Waals surface area (Å²) in [6.07, 6.45) is -2.93. The van der Waals surface area contributed by atoms with Crippen molar-refractivity contribution in [2.45, 2.75) is 36.9 Å². The van der Waals surface area contributed by atoms with Crippen LogP contribution < -0.4 is 5.32 Å². The van der Waals surface area contributed by atoms with Gasteiger partial charge < -0.3 is 10.2 Å². The first-order valence-corrected chi connectivity index (χ1v) is 12.4.